The number of rotatable bonds is 4. The molecule has 0 aliphatic heterocycles. The fraction of sp³-hybridized carbons (Fsp3) is 0.158. The second-order valence-corrected chi connectivity index (χ2v) is 6.99. The standard InChI is InChI=1S/C19H16BrF3N4O/c1-12-5-4-6-13(9-12)10-27-11-15(20)17(26-27)25-18(28)24-16-8-3-2-7-14(16)19(21,22)23/h2-9,11H,10H2,1H3,(H2,24,25,26,28). The number of carbonyl (C=O) groups is 1. The summed E-state index contributed by atoms with van der Waals surface area (Å²) in [6.45, 7) is 2.47. The lowest BCUT2D eigenvalue weighted by Gasteiger charge is -2.13. The van der Waals surface area contributed by atoms with E-state index in [0.717, 1.165) is 17.2 Å². The number of para-hydroxylation sites is 1. The molecule has 0 spiro atoms. The number of urea groups is 1. The Labute approximate surface area is 167 Å². The predicted octanol–water partition coefficient (Wildman–Crippen LogP) is 5.67. The number of nitrogens with zero attached hydrogens (tertiary/aromatic N) is 2. The highest BCUT2D eigenvalue weighted by atomic mass is 79.9. The van der Waals surface area contributed by atoms with E-state index in [1.165, 1.54) is 18.2 Å². The summed E-state index contributed by atoms with van der Waals surface area (Å²) < 4.78 is 41.2. The first kappa shape index (κ1) is 19.9. The summed E-state index contributed by atoms with van der Waals surface area (Å²) in [5.74, 6) is 0.203. The van der Waals surface area contributed by atoms with Crippen molar-refractivity contribution in [1.82, 2.24) is 9.78 Å². The number of aromatic nitrogens is 2. The quantitative estimate of drug-likeness (QED) is 0.535. The molecule has 0 bridgehead atoms. The largest absolute Gasteiger partial charge is 0.418 e. The molecule has 3 aromatic rings. The molecular weight excluding hydrogens is 437 g/mol. The van der Waals surface area contributed by atoms with Gasteiger partial charge in [0, 0.05) is 6.20 Å². The van der Waals surface area contributed by atoms with Crippen molar-refractivity contribution < 1.29 is 18.0 Å². The first-order valence-corrected chi connectivity index (χ1v) is 9.04. The molecule has 0 radical (unpaired) electrons. The number of benzene rings is 2. The molecular formula is C19H16BrF3N4O. The Morgan fingerprint density at radius 1 is 1.14 bits per heavy atom. The van der Waals surface area contributed by atoms with Gasteiger partial charge in [-0.15, -0.1) is 0 Å². The minimum atomic E-state index is -4.57. The van der Waals surface area contributed by atoms with Crippen LogP contribution in [0.5, 0.6) is 0 Å². The number of nitrogens with one attached hydrogen (secondary N) is 2. The Morgan fingerprint density at radius 2 is 1.89 bits per heavy atom. The summed E-state index contributed by atoms with van der Waals surface area (Å²) in [6.07, 6.45) is -2.89. The zero-order valence-electron chi connectivity index (χ0n) is 14.7. The topological polar surface area (TPSA) is 59.0 Å². The average Bonchev–Trinajstić information content (AvgIpc) is 2.93. The SMILES string of the molecule is Cc1cccc(Cn2cc(Br)c(NC(=O)Nc3ccccc3C(F)(F)F)n2)c1. The second kappa shape index (κ2) is 8.05. The van der Waals surface area contributed by atoms with E-state index in [1.54, 1.807) is 10.9 Å². The zero-order chi connectivity index (χ0) is 20.3. The van der Waals surface area contributed by atoms with Crippen LogP contribution in [0, 0.1) is 6.92 Å². The summed E-state index contributed by atoms with van der Waals surface area (Å²) >= 11 is 3.30. The number of alkyl halides is 3. The second-order valence-electron chi connectivity index (χ2n) is 6.13. The Kier molecular flexibility index (Phi) is 5.73. The van der Waals surface area contributed by atoms with Crippen molar-refractivity contribution in [1.29, 1.82) is 0 Å². The predicted molar refractivity (Wildman–Crippen MR) is 104 cm³/mol. The molecule has 0 saturated carbocycles. The monoisotopic (exact) mass is 452 g/mol. The molecule has 0 aliphatic carbocycles. The van der Waals surface area contributed by atoms with Gasteiger partial charge < -0.3 is 5.32 Å². The maximum atomic E-state index is 13.0. The molecule has 0 saturated heterocycles. The molecule has 1 heterocycles. The Balaban J connectivity index is 1.71. The highest BCUT2D eigenvalue weighted by Gasteiger charge is 2.33. The van der Waals surface area contributed by atoms with Crippen LogP contribution in [0.4, 0.5) is 29.5 Å². The molecule has 146 valence electrons. The Morgan fingerprint density at radius 3 is 2.61 bits per heavy atom. The first-order chi connectivity index (χ1) is 13.2. The Bertz CT molecular complexity index is 1000. The van der Waals surface area contributed by atoms with Crippen LogP contribution in [-0.4, -0.2) is 15.8 Å². The molecule has 5 nitrogen and oxygen atoms in total. The van der Waals surface area contributed by atoms with Crippen molar-refractivity contribution in [3.63, 3.8) is 0 Å². The maximum absolute atomic E-state index is 13.0. The third-order valence-corrected chi connectivity index (χ3v) is 4.44. The van der Waals surface area contributed by atoms with Crippen molar-refractivity contribution >= 4 is 33.5 Å². The molecule has 2 N–H and O–H groups in total. The maximum Gasteiger partial charge on any atom is 0.418 e. The van der Waals surface area contributed by atoms with Crippen LogP contribution in [0.25, 0.3) is 0 Å². The lowest BCUT2D eigenvalue weighted by molar-refractivity contribution is -0.136. The van der Waals surface area contributed by atoms with Gasteiger partial charge in [-0.3, -0.25) is 10.00 Å². The van der Waals surface area contributed by atoms with Crippen LogP contribution in [0.1, 0.15) is 16.7 Å². The summed E-state index contributed by atoms with van der Waals surface area (Å²) in [5.41, 5.74) is 0.895. The molecule has 0 atom stereocenters. The van der Waals surface area contributed by atoms with Gasteiger partial charge in [0.2, 0.25) is 0 Å². The van der Waals surface area contributed by atoms with E-state index < -0.39 is 17.8 Å². The van der Waals surface area contributed by atoms with Gasteiger partial charge in [-0.25, -0.2) is 4.79 Å². The molecule has 0 fully saturated rings. The van der Waals surface area contributed by atoms with E-state index in [4.69, 9.17) is 0 Å². The van der Waals surface area contributed by atoms with Gasteiger partial charge in [0.25, 0.3) is 0 Å². The van der Waals surface area contributed by atoms with Crippen molar-refractivity contribution in [3.05, 3.63) is 75.9 Å². The van der Waals surface area contributed by atoms with Crippen molar-refractivity contribution in [2.75, 3.05) is 10.6 Å². The van der Waals surface area contributed by atoms with E-state index in [1.807, 2.05) is 31.2 Å². The van der Waals surface area contributed by atoms with Crippen LogP contribution < -0.4 is 10.6 Å². The fourth-order valence-corrected chi connectivity index (χ4v) is 3.08. The molecule has 0 unspecified atom stereocenters. The van der Waals surface area contributed by atoms with Crippen LogP contribution in [0.2, 0.25) is 0 Å². The van der Waals surface area contributed by atoms with Gasteiger partial charge in [-0.2, -0.15) is 18.3 Å². The average molecular weight is 453 g/mol. The molecule has 9 heteroatoms. The number of carbonyl (C=O) groups excluding carboxylic acids is 1. The van der Waals surface area contributed by atoms with Crippen LogP contribution in [0.15, 0.2) is 59.2 Å². The molecule has 3 rings (SSSR count). The molecule has 28 heavy (non-hydrogen) atoms. The third kappa shape index (κ3) is 4.92. The molecule has 0 aliphatic rings. The van der Waals surface area contributed by atoms with Gasteiger partial charge in [0.05, 0.1) is 22.3 Å². The third-order valence-electron chi connectivity index (χ3n) is 3.86. The number of amides is 2. The molecule has 1 aromatic heterocycles. The molecule has 2 amide bonds. The van der Waals surface area contributed by atoms with Crippen LogP contribution in [-0.2, 0) is 12.7 Å². The lowest BCUT2D eigenvalue weighted by Crippen LogP contribution is -2.22. The van der Waals surface area contributed by atoms with Crippen molar-refractivity contribution in [3.8, 4) is 0 Å². The normalized spacial score (nSPS) is 11.3. The van der Waals surface area contributed by atoms with E-state index in [9.17, 15) is 18.0 Å². The number of hydrogen-bond donors (Lipinski definition) is 2. The highest BCUT2D eigenvalue weighted by Crippen LogP contribution is 2.34. The number of hydrogen-bond acceptors (Lipinski definition) is 2. The first-order valence-electron chi connectivity index (χ1n) is 8.25. The van der Waals surface area contributed by atoms with E-state index >= 15 is 0 Å². The van der Waals surface area contributed by atoms with Gasteiger partial charge >= 0.3 is 12.2 Å². The van der Waals surface area contributed by atoms with Crippen molar-refractivity contribution in [2.24, 2.45) is 0 Å². The smallest absolute Gasteiger partial charge is 0.307 e. The minimum Gasteiger partial charge on any atom is -0.307 e. The van der Waals surface area contributed by atoms with Crippen LogP contribution >= 0.6 is 15.9 Å². The van der Waals surface area contributed by atoms with E-state index in [0.29, 0.717) is 11.0 Å². The minimum absolute atomic E-state index is 0.203. The van der Waals surface area contributed by atoms with E-state index in [-0.39, 0.29) is 11.5 Å². The van der Waals surface area contributed by atoms with Crippen LogP contribution in [0.3, 0.4) is 0 Å². The van der Waals surface area contributed by atoms with E-state index in [2.05, 4.69) is 31.7 Å². The lowest BCUT2D eigenvalue weighted by atomic mass is 10.1. The number of anilines is 2. The van der Waals surface area contributed by atoms with Gasteiger partial charge in [0.1, 0.15) is 0 Å². The summed E-state index contributed by atoms with van der Waals surface area (Å²) in [4.78, 5) is 12.2. The summed E-state index contributed by atoms with van der Waals surface area (Å²) in [7, 11) is 0. The highest BCUT2D eigenvalue weighted by molar-refractivity contribution is 9.10. The van der Waals surface area contributed by atoms with Crippen molar-refractivity contribution in [2.45, 2.75) is 19.6 Å². The zero-order valence-corrected chi connectivity index (χ0v) is 16.3. The van der Waals surface area contributed by atoms with Gasteiger partial charge in [-0.1, -0.05) is 42.0 Å². The summed E-state index contributed by atoms with van der Waals surface area (Å²) in [6, 6.07) is 11.8. The number of aryl methyl sites for hydroxylation is 1. The number of halogens is 4. The van der Waals surface area contributed by atoms with Gasteiger partial charge in [-0.05, 0) is 40.5 Å². The fourth-order valence-electron chi connectivity index (χ4n) is 2.66. The van der Waals surface area contributed by atoms with Gasteiger partial charge in [0.15, 0.2) is 5.82 Å². The Hall–Kier alpha value is -2.81. The summed E-state index contributed by atoms with van der Waals surface area (Å²) in [5, 5.41) is 8.94. The molecule has 2 aromatic carbocycles.